The highest BCUT2D eigenvalue weighted by molar-refractivity contribution is 8.00. The minimum atomic E-state index is -1.14. The quantitative estimate of drug-likeness (QED) is 0.176. The summed E-state index contributed by atoms with van der Waals surface area (Å²) in [6.45, 7) is 6.44. The topological polar surface area (TPSA) is 163 Å². The van der Waals surface area contributed by atoms with Crippen LogP contribution < -0.4 is 11.1 Å². The molecular weight excluding hydrogens is 486 g/mol. The highest BCUT2D eigenvalue weighted by atomic mass is 32.2. The van der Waals surface area contributed by atoms with Crippen LogP contribution in [-0.4, -0.2) is 69.9 Å². The number of hydrogen-bond acceptors (Lipinski definition) is 12. The van der Waals surface area contributed by atoms with E-state index >= 15 is 0 Å². The maximum atomic E-state index is 12.8. The smallest absolute Gasteiger partial charge is 0.357 e. The van der Waals surface area contributed by atoms with Crippen LogP contribution in [0, 0.1) is 5.41 Å². The zero-order valence-corrected chi connectivity index (χ0v) is 20.8. The summed E-state index contributed by atoms with van der Waals surface area (Å²) in [6, 6.07) is -0.900. The van der Waals surface area contributed by atoms with Crippen LogP contribution in [0.25, 0.3) is 0 Å². The van der Waals surface area contributed by atoms with E-state index in [4.69, 9.17) is 20.0 Å². The van der Waals surface area contributed by atoms with E-state index < -0.39 is 46.9 Å². The summed E-state index contributed by atoms with van der Waals surface area (Å²) in [4.78, 5) is 60.3. The van der Waals surface area contributed by atoms with Gasteiger partial charge >= 0.3 is 11.9 Å². The van der Waals surface area contributed by atoms with Gasteiger partial charge in [-0.25, -0.2) is 9.78 Å². The zero-order chi connectivity index (χ0) is 25.2. The first-order valence-corrected chi connectivity index (χ1v) is 12.1. The van der Waals surface area contributed by atoms with Gasteiger partial charge in [0.25, 0.3) is 11.8 Å². The number of oxime groups is 1. The van der Waals surface area contributed by atoms with Crippen LogP contribution in [0.2, 0.25) is 0 Å². The fraction of sp³-hybridized carbons (Fsp3) is 0.500. The number of thiazole rings is 1. The molecule has 1 fully saturated rings. The lowest BCUT2D eigenvalue weighted by Crippen LogP contribution is -2.70. The molecule has 3 atom stereocenters. The third-order valence-corrected chi connectivity index (χ3v) is 6.52. The maximum Gasteiger partial charge on any atom is 0.357 e. The molecule has 0 bridgehead atoms. The number of esters is 2. The van der Waals surface area contributed by atoms with Crippen molar-refractivity contribution in [2.75, 3.05) is 18.6 Å². The molecule has 0 aliphatic carbocycles. The van der Waals surface area contributed by atoms with Gasteiger partial charge in [-0.2, -0.15) is 0 Å². The Balaban J connectivity index is 1.64. The molecule has 0 spiro atoms. The summed E-state index contributed by atoms with van der Waals surface area (Å²) >= 11 is 2.49. The predicted molar refractivity (Wildman–Crippen MR) is 124 cm³/mol. The van der Waals surface area contributed by atoms with E-state index in [1.54, 1.807) is 32.2 Å². The van der Waals surface area contributed by atoms with Gasteiger partial charge in [0.15, 0.2) is 10.8 Å². The van der Waals surface area contributed by atoms with Gasteiger partial charge < -0.3 is 25.4 Å². The van der Waals surface area contributed by atoms with Crippen LogP contribution in [0.3, 0.4) is 0 Å². The number of carbonyl (C=O) groups excluding carboxylic acids is 4. The third-order valence-electron chi connectivity index (χ3n) is 4.66. The molecule has 184 valence electrons. The Kier molecular flexibility index (Phi) is 7.51. The number of aromatic nitrogens is 1. The first-order valence-electron chi connectivity index (χ1n) is 10.1. The average molecular weight is 512 g/mol. The van der Waals surface area contributed by atoms with Crippen LogP contribution in [0.4, 0.5) is 5.13 Å². The SMILES string of the molecule is CO/N=C(/C(=O)NC1C(=O)N2C(C(=O)OC(C)OC(=O)C(C)(C)C)=CCSC12)c1csc(N)n1. The Hall–Kier alpha value is -3.13. The fourth-order valence-electron chi connectivity index (χ4n) is 2.99. The van der Waals surface area contributed by atoms with E-state index in [1.165, 1.54) is 30.7 Å². The van der Waals surface area contributed by atoms with Gasteiger partial charge in [0.2, 0.25) is 6.29 Å². The van der Waals surface area contributed by atoms with E-state index in [-0.39, 0.29) is 22.2 Å². The Labute approximate surface area is 203 Å². The molecule has 0 saturated carbocycles. The van der Waals surface area contributed by atoms with Crippen LogP contribution in [0.5, 0.6) is 0 Å². The molecule has 3 N–H and O–H groups in total. The molecule has 1 saturated heterocycles. The van der Waals surface area contributed by atoms with E-state index in [9.17, 15) is 19.2 Å². The first kappa shape index (κ1) is 25.5. The van der Waals surface area contributed by atoms with Crippen molar-refractivity contribution in [2.45, 2.75) is 45.4 Å². The number of hydrogen-bond donors (Lipinski definition) is 2. The van der Waals surface area contributed by atoms with Crippen molar-refractivity contribution < 1.29 is 33.5 Å². The van der Waals surface area contributed by atoms with E-state index in [1.807, 2.05) is 0 Å². The summed E-state index contributed by atoms with van der Waals surface area (Å²) in [5.74, 6) is -2.10. The average Bonchev–Trinajstić information content (AvgIpc) is 3.19. The molecule has 12 nitrogen and oxygen atoms in total. The standard InChI is InChI=1S/C20H25N5O7S2/c1-9(32-18(29)20(2,3)4)31-17(28)11-6-7-33-16-13(15(27)25(11)16)23-14(26)12(24-30-5)10-8-34-19(21)22-10/h6,8-9,13,16H,7H2,1-5H3,(H2,21,22)(H,23,26)/b24-12+. The minimum Gasteiger partial charge on any atom is -0.425 e. The molecule has 0 aromatic carbocycles. The lowest BCUT2D eigenvalue weighted by Gasteiger charge is -2.48. The summed E-state index contributed by atoms with van der Waals surface area (Å²) in [5.41, 5.74) is 4.97. The Morgan fingerprint density at radius 2 is 2.03 bits per heavy atom. The van der Waals surface area contributed by atoms with Crippen molar-refractivity contribution in [1.82, 2.24) is 15.2 Å². The highest BCUT2D eigenvalue weighted by Gasteiger charge is 2.53. The number of nitrogens with two attached hydrogens (primary N) is 1. The second-order valence-electron chi connectivity index (χ2n) is 8.29. The number of thioether (sulfide) groups is 1. The van der Waals surface area contributed by atoms with Crippen molar-refractivity contribution in [3.8, 4) is 0 Å². The van der Waals surface area contributed by atoms with Gasteiger partial charge in [0, 0.05) is 18.1 Å². The second-order valence-corrected chi connectivity index (χ2v) is 10.3. The van der Waals surface area contributed by atoms with E-state index in [0.717, 1.165) is 11.3 Å². The van der Waals surface area contributed by atoms with Crippen molar-refractivity contribution >= 4 is 57.7 Å². The molecular formula is C20H25N5O7S2. The van der Waals surface area contributed by atoms with Crippen molar-refractivity contribution in [1.29, 1.82) is 0 Å². The number of carbonyl (C=O) groups is 4. The molecule has 2 aliphatic rings. The zero-order valence-electron chi connectivity index (χ0n) is 19.2. The predicted octanol–water partition coefficient (Wildman–Crippen LogP) is 0.838. The van der Waals surface area contributed by atoms with Gasteiger partial charge in [-0.3, -0.25) is 19.3 Å². The van der Waals surface area contributed by atoms with Gasteiger partial charge in [0.05, 0.1) is 5.41 Å². The monoisotopic (exact) mass is 511 g/mol. The highest BCUT2D eigenvalue weighted by Crippen LogP contribution is 2.38. The summed E-state index contributed by atoms with van der Waals surface area (Å²) in [6.07, 6.45) is 0.409. The summed E-state index contributed by atoms with van der Waals surface area (Å²) in [5, 5.41) is 7.58. The molecule has 34 heavy (non-hydrogen) atoms. The number of fused-ring (bicyclic) bond motifs is 1. The second kappa shape index (κ2) is 10.0. The number of amides is 2. The van der Waals surface area contributed by atoms with E-state index in [0.29, 0.717) is 5.75 Å². The minimum absolute atomic E-state index is 0.0240. The lowest BCUT2D eigenvalue weighted by atomic mass is 9.97. The number of ether oxygens (including phenoxy) is 2. The molecule has 3 unspecified atom stereocenters. The third kappa shape index (κ3) is 5.33. The number of β-lactam (4-membered cyclic amide) rings is 1. The van der Waals surface area contributed by atoms with Gasteiger partial charge in [-0.05, 0) is 26.8 Å². The largest absolute Gasteiger partial charge is 0.425 e. The first-order chi connectivity index (χ1) is 15.9. The molecule has 3 heterocycles. The molecule has 3 rings (SSSR count). The van der Waals surface area contributed by atoms with Crippen LogP contribution in [-0.2, 0) is 33.5 Å². The van der Waals surface area contributed by atoms with E-state index in [2.05, 4.69) is 15.5 Å². The molecule has 1 aromatic rings. The maximum absolute atomic E-state index is 12.8. The molecule has 1 aromatic heterocycles. The number of nitrogen functional groups attached to an aromatic ring is 1. The molecule has 2 amide bonds. The Morgan fingerprint density at radius 1 is 1.32 bits per heavy atom. The number of anilines is 1. The van der Waals surface area contributed by atoms with Crippen molar-refractivity contribution in [3.05, 3.63) is 22.8 Å². The van der Waals surface area contributed by atoms with Crippen molar-refractivity contribution in [3.63, 3.8) is 0 Å². The molecule has 2 aliphatic heterocycles. The fourth-order valence-corrected chi connectivity index (χ4v) is 4.74. The van der Waals surface area contributed by atoms with Crippen LogP contribution in [0.15, 0.2) is 22.3 Å². The van der Waals surface area contributed by atoms with Gasteiger partial charge in [-0.15, -0.1) is 23.1 Å². The molecule has 14 heteroatoms. The lowest BCUT2D eigenvalue weighted by molar-refractivity contribution is -0.189. The number of nitrogens with one attached hydrogen (secondary N) is 1. The normalized spacial score (nSPS) is 21.0. The summed E-state index contributed by atoms with van der Waals surface area (Å²) < 4.78 is 10.3. The van der Waals surface area contributed by atoms with Gasteiger partial charge in [-0.1, -0.05) is 5.16 Å². The van der Waals surface area contributed by atoms with Crippen LogP contribution >= 0.6 is 23.1 Å². The molecule has 0 radical (unpaired) electrons. The Morgan fingerprint density at radius 3 is 2.62 bits per heavy atom. The van der Waals surface area contributed by atoms with Crippen LogP contribution in [0.1, 0.15) is 33.4 Å². The van der Waals surface area contributed by atoms with Gasteiger partial charge in [0.1, 0.15) is 29.9 Å². The number of nitrogens with zero attached hydrogens (tertiary/aromatic N) is 3. The number of rotatable bonds is 7. The summed E-state index contributed by atoms with van der Waals surface area (Å²) in [7, 11) is 1.28. The Bertz CT molecular complexity index is 1060. The van der Waals surface area contributed by atoms with Crippen molar-refractivity contribution in [2.24, 2.45) is 10.6 Å².